The van der Waals surface area contributed by atoms with E-state index in [2.05, 4.69) is 24.5 Å². The second-order valence-corrected chi connectivity index (χ2v) is 4.64. The Morgan fingerprint density at radius 2 is 2.31 bits per heavy atom. The Morgan fingerprint density at radius 3 is 2.92 bits per heavy atom. The lowest BCUT2D eigenvalue weighted by Crippen LogP contribution is -2.54. The Morgan fingerprint density at radius 1 is 1.54 bits per heavy atom. The molecular weight excluding hydrogens is 184 g/mol. The van der Waals surface area contributed by atoms with Crippen LogP contribution in [0.25, 0.3) is 0 Å². The molecule has 13 heavy (non-hydrogen) atoms. The van der Waals surface area contributed by atoms with E-state index in [9.17, 15) is 4.79 Å². The van der Waals surface area contributed by atoms with Crippen molar-refractivity contribution < 1.29 is 4.79 Å². The van der Waals surface area contributed by atoms with Gasteiger partial charge < -0.3 is 5.32 Å². The summed E-state index contributed by atoms with van der Waals surface area (Å²) in [6.45, 7) is 4.25. The second-order valence-electron chi connectivity index (χ2n) is 3.26. The lowest BCUT2D eigenvalue weighted by molar-refractivity contribution is -0.123. The number of amides is 1. The zero-order valence-corrected chi connectivity index (χ0v) is 9.12. The first kappa shape index (κ1) is 10.9. The van der Waals surface area contributed by atoms with Crippen molar-refractivity contribution in [3.05, 3.63) is 0 Å². The van der Waals surface area contributed by atoms with Gasteiger partial charge in [-0.15, -0.1) is 11.8 Å². The number of hydrogen-bond acceptors (Lipinski definition) is 3. The predicted molar refractivity (Wildman–Crippen MR) is 56.5 cm³/mol. The van der Waals surface area contributed by atoms with E-state index in [1.165, 1.54) is 0 Å². The highest BCUT2D eigenvalue weighted by Gasteiger charge is 2.24. The zero-order valence-electron chi connectivity index (χ0n) is 8.30. The molecule has 0 radical (unpaired) electrons. The quantitative estimate of drug-likeness (QED) is 0.722. The fraction of sp³-hybridized carbons (Fsp3) is 0.889. The van der Waals surface area contributed by atoms with Crippen LogP contribution in [-0.4, -0.2) is 23.2 Å². The topological polar surface area (TPSA) is 41.1 Å². The SMILES string of the molecule is CCCC1CC(=O)NC(SCC)N1. The van der Waals surface area contributed by atoms with E-state index >= 15 is 0 Å². The summed E-state index contributed by atoms with van der Waals surface area (Å²) in [5.74, 6) is 1.21. The Kier molecular flexibility index (Phi) is 4.59. The second kappa shape index (κ2) is 5.50. The molecule has 1 aliphatic heterocycles. The van der Waals surface area contributed by atoms with Crippen LogP contribution in [-0.2, 0) is 4.79 Å². The number of carbonyl (C=O) groups excluding carboxylic acids is 1. The number of carbonyl (C=O) groups is 1. The largest absolute Gasteiger partial charge is 0.332 e. The van der Waals surface area contributed by atoms with Gasteiger partial charge in [-0.1, -0.05) is 20.3 Å². The first-order chi connectivity index (χ1) is 6.26. The van der Waals surface area contributed by atoms with Gasteiger partial charge in [-0.3, -0.25) is 10.1 Å². The lowest BCUT2D eigenvalue weighted by Gasteiger charge is -2.30. The van der Waals surface area contributed by atoms with Crippen molar-refractivity contribution in [2.75, 3.05) is 5.75 Å². The van der Waals surface area contributed by atoms with Crippen LogP contribution < -0.4 is 10.6 Å². The van der Waals surface area contributed by atoms with Crippen LogP contribution in [0.2, 0.25) is 0 Å². The third-order valence-corrected chi connectivity index (χ3v) is 3.00. The summed E-state index contributed by atoms with van der Waals surface area (Å²) in [6.07, 6.45) is 2.86. The summed E-state index contributed by atoms with van der Waals surface area (Å²) in [6, 6.07) is 0.378. The van der Waals surface area contributed by atoms with Gasteiger partial charge in [0, 0.05) is 12.5 Å². The molecule has 1 fully saturated rings. The van der Waals surface area contributed by atoms with Crippen LogP contribution in [0, 0.1) is 0 Å². The highest BCUT2D eigenvalue weighted by molar-refractivity contribution is 7.99. The van der Waals surface area contributed by atoms with Gasteiger partial charge in [0.2, 0.25) is 5.91 Å². The molecule has 1 heterocycles. The van der Waals surface area contributed by atoms with Crippen molar-refractivity contribution in [3.8, 4) is 0 Å². The van der Waals surface area contributed by atoms with Gasteiger partial charge in [0.1, 0.15) is 5.50 Å². The third kappa shape index (κ3) is 3.56. The van der Waals surface area contributed by atoms with Crippen molar-refractivity contribution in [1.29, 1.82) is 0 Å². The monoisotopic (exact) mass is 202 g/mol. The van der Waals surface area contributed by atoms with Gasteiger partial charge in [0.15, 0.2) is 0 Å². The molecule has 2 unspecified atom stereocenters. The smallest absolute Gasteiger partial charge is 0.223 e. The van der Waals surface area contributed by atoms with E-state index in [0.29, 0.717) is 12.5 Å². The first-order valence-corrected chi connectivity index (χ1v) is 5.98. The molecule has 0 bridgehead atoms. The van der Waals surface area contributed by atoms with Crippen molar-refractivity contribution in [1.82, 2.24) is 10.6 Å². The van der Waals surface area contributed by atoms with Crippen LogP contribution in [0.4, 0.5) is 0 Å². The number of nitrogens with one attached hydrogen (secondary N) is 2. The van der Waals surface area contributed by atoms with Crippen LogP contribution in [0.15, 0.2) is 0 Å². The maximum Gasteiger partial charge on any atom is 0.223 e. The fourth-order valence-electron chi connectivity index (χ4n) is 1.53. The van der Waals surface area contributed by atoms with Crippen LogP contribution in [0.5, 0.6) is 0 Å². The molecule has 1 saturated heterocycles. The minimum Gasteiger partial charge on any atom is -0.332 e. The van der Waals surface area contributed by atoms with E-state index < -0.39 is 0 Å². The molecule has 3 nitrogen and oxygen atoms in total. The maximum absolute atomic E-state index is 11.3. The molecule has 1 aliphatic rings. The van der Waals surface area contributed by atoms with E-state index in [4.69, 9.17) is 0 Å². The average Bonchev–Trinajstić information content (AvgIpc) is 2.04. The summed E-state index contributed by atoms with van der Waals surface area (Å²) >= 11 is 1.74. The Labute approximate surface area is 84.0 Å². The Bertz CT molecular complexity index is 159. The molecule has 0 saturated carbocycles. The van der Waals surface area contributed by atoms with Crippen molar-refractivity contribution in [3.63, 3.8) is 0 Å². The van der Waals surface area contributed by atoms with Gasteiger partial charge in [-0.25, -0.2) is 0 Å². The predicted octanol–water partition coefficient (Wildman–Crippen LogP) is 1.30. The molecule has 2 atom stereocenters. The van der Waals surface area contributed by atoms with Gasteiger partial charge in [0.25, 0.3) is 0 Å². The van der Waals surface area contributed by atoms with Crippen molar-refractivity contribution >= 4 is 17.7 Å². The van der Waals surface area contributed by atoms with Gasteiger partial charge in [0.05, 0.1) is 0 Å². The van der Waals surface area contributed by atoms with Crippen molar-refractivity contribution in [2.24, 2.45) is 0 Å². The molecule has 0 aromatic carbocycles. The summed E-state index contributed by atoms with van der Waals surface area (Å²) in [4.78, 5) is 11.3. The lowest BCUT2D eigenvalue weighted by atomic mass is 10.1. The molecule has 2 N–H and O–H groups in total. The molecule has 76 valence electrons. The normalized spacial score (nSPS) is 28.6. The number of hydrogen-bond donors (Lipinski definition) is 2. The van der Waals surface area contributed by atoms with Crippen molar-refractivity contribution in [2.45, 2.75) is 44.6 Å². The molecule has 0 aromatic rings. The van der Waals surface area contributed by atoms with Gasteiger partial charge in [-0.2, -0.15) is 0 Å². The van der Waals surface area contributed by atoms with Crippen LogP contribution in [0.3, 0.4) is 0 Å². The molecule has 4 heteroatoms. The minimum atomic E-state index is 0.128. The van der Waals surface area contributed by atoms with E-state index in [1.54, 1.807) is 11.8 Å². The third-order valence-electron chi connectivity index (χ3n) is 2.08. The molecule has 0 aromatic heterocycles. The summed E-state index contributed by atoms with van der Waals surface area (Å²) in [7, 11) is 0. The van der Waals surface area contributed by atoms with Gasteiger partial charge in [-0.05, 0) is 12.2 Å². The highest BCUT2D eigenvalue weighted by Crippen LogP contribution is 2.13. The minimum absolute atomic E-state index is 0.128. The standard InChI is InChI=1S/C9H18N2OS/c1-3-5-7-6-8(12)11-9(10-7)13-4-2/h7,9-10H,3-6H2,1-2H3,(H,11,12). The molecule has 0 aliphatic carbocycles. The Hall–Kier alpha value is -0.220. The van der Waals surface area contributed by atoms with E-state index in [1.807, 2.05) is 0 Å². The number of rotatable bonds is 4. The van der Waals surface area contributed by atoms with E-state index in [0.717, 1.165) is 18.6 Å². The Balaban J connectivity index is 2.37. The van der Waals surface area contributed by atoms with E-state index in [-0.39, 0.29) is 11.4 Å². The molecule has 1 amide bonds. The zero-order chi connectivity index (χ0) is 9.68. The first-order valence-electron chi connectivity index (χ1n) is 4.93. The summed E-state index contributed by atoms with van der Waals surface area (Å²) in [5.41, 5.74) is 0.128. The fourth-order valence-corrected chi connectivity index (χ4v) is 2.37. The molecule has 0 spiro atoms. The van der Waals surface area contributed by atoms with Crippen LogP contribution in [0.1, 0.15) is 33.1 Å². The van der Waals surface area contributed by atoms with Gasteiger partial charge >= 0.3 is 0 Å². The maximum atomic E-state index is 11.3. The molecule has 1 rings (SSSR count). The molecular formula is C9H18N2OS. The van der Waals surface area contributed by atoms with Crippen LogP contribution >= 0.6 is 11.8 Å². The summed E-state index contributed by atoms with van der Waals surface area (Å²) < 4.78 is 0. The highest BCUT2D eigenvalue weighted by atomic mass is 32.2. The average molecular weight is 202 g/mol. The summed E-state index contributed by atoms with van der Waals surface area (Å²) in [5, 5.41) is 6.34. The number of thioether (sulfide) groups is 1.